The number of rotatable bonds is 4. The van der Waals surface area contributed by atoms with Crippen LogP contribution >= 0.6 is 0 Å². The fourth-order valence-electron chi connectivity index (χ4n) is 2.12. The maximum absolute atomic E-state index is 13.0. The predicted octanol–water partition coefficient (Wildman–Crippen LogP) is 3.41. The van der Waals surface area contributed by atoms with Crippen molar-refractivity contribution in [2.75, 3.05) is 10.6 Å². The Labute approximate surface area is 125 Å². The van der Waals surface area contributed by atoms with Gasteiger partial charge in [-0.1, -0.05) is 24.3 Å². The summed E-state index contributed by atoms with van der Waals surface area (Å²) in [6, 6.07) is 11.5. The highest BCUT2D eigenvalue weighted by Crippen LogP contribution is 2.25. The van der Waals surface area contributed by atoms with Crippen molar-refractivity contribution in [2.45, 2.75) is 20.4 Å². The van der Waals surface area contributed by atoms with Crippen LogP contribution in [0.1, 0.15) is 16.7 Å². The van der Waals surface area contributed by atoms with Gasteiger partial charge in [0.1, 0.15) is 5.82 Å². The van der Waals surface area contributed by atoms with Gasteiger partial charge in [-0.3, -0.25) is 4.31 Å². The molecule has 0 aliphatic carbocycles. The molecule has 0 aliphatic heterocycles. The van der Waals surface area contributed by atoms with E-state index < -0.39 is 10.0 Å². The van der Waals surface area contributed by atoms with E-state index in [1.165, 1.54) is 22.7 Å². The second-order valence-electron chi connectivity index (χ2n) is 5.19. The van der Waals surface area contributed by atoms with Crippen LogP contribution in [0.25, 0.3) is 0 Å². The van der Waals surface area contributed by atoms with Crippen LogP contribution in [-0.4, -0.2) is 14.7 Å². The lowest BCUT2D eigenvalue weighted by Gasteiger charge is -2.24. The van der Waals surface area contributed by atoms with Crippen molar-refractivity contribution in [2.24, 2.45) is 0 Å². The lowest BCUT2D eigenvalue weighted by Crippen LogP contribution is -2.30. The van der Waals surface area contributed by atoms with Crippen LogP contribution < -0.4 is 4.31 Å². The highest BCUT2D eigenvalue weighted by Gasteiger charge is 2.19. The van der Waals surface area contributed by atoms with Crippen LogP contribution in [0.15, 0.2) is 42.5 Å². The molecule has 0 fully saturated rings. The molecular weight excluding hydrogens is 289 g/mol. The molecule has 0 saturated heterocycles. The Bertz CT molecular complexity index is 739. The number of nitrogens with zero attached hydrogens (tertiary/aromatic N) is 1. The molecule has 0 bridgehead atoms. The van der Waals surface area contributed by atoms with Crippen molar-refractivity contribution >= 4 is 15.7 Å². The van der Waals surface area contributed by atoms with Crippen molar-refractivity contribution in [3.63, 3.8) is 0 Å². The van der Waals surface area contributed by atoms with Gasteiger partial charge in [0.15, 0.2) is 0 Å². The lowest BCUT2D eigenvalue weighted by molar-refractivity contribution is 0.596. The molecule has 0 aliphatic rings. The Hall–Kier alpha value is -1.88. The maximum atomic E-state index is 13.0. The van der Waals surface area contributed by atoms with E-state index >= 15 is 0 Å². The summed E-state index contributed by atoms with van der Waals surface area (Å²) in [5.74, 6) is -0.337. The Kier molecular flexibility index (Phi) is 4.32. The summed E-state index contributed by atoms with van der Waals surface area (Å²) < 4.78 is 38.6. The molecule has 0 heterocycles. The third-order valence-electron chi connectivity index (χ3n) is 3.27. The zero-order valence-electron chi connectivity index (χ0n) is 12.3. The van der Waals surface area contributed by atoms with Gasteiger partial charge in [-0.25, -0.2) is 12.8 Å². The van der Waals surface area contributed by atoms with E-state index in [4.69, 9.17) is 0 Å². The first-order valence-electron chi connectivity index (χ1n) is 6.57. The Balaban J connectivity index is 2.44. The van der Waals surface area contributed by atoms with Gasteiger partial charge in [0.25, 0.3) is 0 Å². The highest BCUT2D eigenvalue weighted by molar-refractivity contribution is 7.92. The largest absolute Gasteiger partial charge is 0.266 e. The Morgan fingerprint density at radius 2 is 1.67 bits per heavy atom. The summed E-state index contributed by atoms with van der Waals surface area (Å²) >= 11 is 0. The van der Waals surface area contributed by atoms with Crippen molar-refractivity contribution in [1.29, 1.82) is 0 Å². The SMILES string of the molecule is Cc1ccc(C)c(N(Cc2ccc(F)cc2)S(C)(=O)=O)c1. The second kappa shape index (κ2) is 5.85. The smallest absolute Gasteiger partial charge is 0.232 e. The van der Waals surface area contributed by atoms with Crippen LogP contribution in [0.3, 0.4) is 0 Å². The van der Waals surface area contributed by atoms with Gasteiger partial charge < -0.3 is 0 Å². The zero-order valence-corrected chi connectivity index (χ0v) is 13.1. The van der Waals surface area contributed by atoms with Gasteiger partial charge in [0.2, 0.25) is 10.0 Å². The third-order valence-corrected chi connectivity index (χ3v) is 4.40. The van der Waals surface area contributed by atoms with Crippen molar-refractivity contribution in [1.82, 2.24) is 0 Å². The van der Waals surface area contributed by atoms with Crippen LogP contribution in [0.4, 0.5) is 10.1 Å². The monoisotopic (exact) mass is 307 g/mol. The molecule has 2 rings (SSSR count). The predicted molar refractivity (Wildman–Crippen MR) is 83.3 cm³/mol. The van der Waals surface area contributed by atoms with Crippen LogP contribution in [0.5, 0.6) is 0 Å². The second-order valence-corrected chi connectivity index (χ2v) is 7.09. The van der Waals surface area contributed by atoms with Gasteiger partial charge in [0.05, 0.1) is 18.5 Å². The van der Waals surface area contributed by atoms with Crippen molar-refractivity contribution in [3.05, 3.63) is 65.0 Å². The lowest BCUT2D eigenvalue weighted by atomic mass is 10.1. The molecule has 0 N–H and O–H groups in total. The highest BCUT2D eigenvalue weighted by atomic mass is 32.2. The summed E-state index contributed by atoms with van der Waals surface area (Å²) in [5, 5.41) is 0. The Morgan fingerprint density at radius 3 is 2.24 bits per heavy atom. The molecule has 0 atom stereocenters. The standard InChI is InChI=1S/C16H18FNO2S/c1-12-4-5-13(2)16(10-12)18(21(3,19)20)11-14-6-8-15(17)9-7-14/h4-10H,11H2,1-3H3. The van der Waals surface area contributed by atoms with Gasteiger partial charge >= 0.3 is 0 Å². The minimum Gasteiger partial charge on any atom is -0.266 e. The average molecular weight is 307 g/mol. The number of anilines is 1. The summed E-state index contributed by atoms with van der Waals surface area (Å²) in [6.45, 7) is 3.97. The fourth-order valence-corrected chi connectivity index (χ4v) is 3.06. The minimum atomic E-state index is -3.43. The molecule has 112 valence electrons. The normalized spacial score (nSPS) is 11.4. The maximum Gasteiger partial charge on any atom is 0.232 e. The summed E-state index contributed by atoms with van der Waals surface area (Å²) in [5.41, 5.74) is 3.26. The molecule has 21 heavy (non-hydrogen) atoms. The van der Waals surface area contributed by atoms with E-state index in [9.17, 15) is 12.8 Å². The fraction of sp³-hybridized carbons (Fsp3) is 0.250. The van der Waals surface area contributed by atoms with Crippen LogP contribution in [0.2, 0.25) is 0 Å². The molecule has 0 unspecified atom stereocenters. The van der Waals surface area contributed by atoms with E-state index in [0.29, 0.717) is 5.69 Å². The summed E-state index contributed by atoms with van der Waals surface area (Å²) in [6.07, 6.45) is 1.18. The minimum absolute atomic E-state index is 0.184. The molecular formula is C16H18FNO2S. The number of benzene rings is 2. The van der Waals surface area contributed by atoms with E-state index in [-0.39, 0.29) is 12.4 Å². The first-order valence-corrected chi connectivity index (χ1v) is 8.41. The first kappa shape index (κ1) is 15.5. The number of hydrogen-bond donors (Lipinski definition) is 0. The van der Waals surface area contributed by atoms with Crippen LogP contribution in [0, 0.1) is 19.7 Å². The van der Waals surface area contributed by atoms with E-state index in [1.807, 2.05) is 32.0 Å². The molecule has 0 radical (unpaired) electrons. The van der Waals surface area contributed by atoms with Gasteiger partial charge in [0, 0.05) is 0 Å². The van der Waals surface area contributed by atoms with Crippen molar-refractivity contribution < 1.29 is 12.8 Å². The molecule has 0 amide bonds. The average Bonchev–Trinajstić information content (AvgIpc) is 2.40. The molecule has 5 heteroatoms. The number of aryl methyl sites for hydroxylation is 2. The first-order chi connectivity index (χ1) is 9.77. The van der Waals surface area contributed by atoms with Gasteiger partial charge in [-0.05, 0) is 48.7 Å². The van der Waals surface area contributed by atoms with E-state index in [2.05, 4.69) is 0 Å². The number of halogens is 1. The molecule has 0 spiro atoms. The zero-order chi connectivity index (χ0) is 15.6. The van der Waals surface area contributed by atoms with E-state index in [0.717, 1.165) is 16.7 Å². The number of sulfonamides is 1. The summed E-state index contributed by atoms with van der Waals surface area (Å²) in [4.78, 5) is 0. The molecule has 2 aromatic carbocycles. The molecule has 2 aromatic rings. The Morgan fingerprint density at radius 1 is 1.05 bits per heavy atom. The summed E-state index contributed by atoms with van der Waals surface area (Å²) in [7, 11) is -3.43. The third kappa shape index (κ3) is 3.82. The quantitative estimate of drug-likeness (QED) is 0.868. The molecule has 3 nitrogen and oxygen atoms in total. The molecule has 0 saturated carbocycles. The van der Waals surface area contributed by atoms with E-state index in [1.54, 1.807) is 12.1 Å². The van der Waals surface area contributed by atoms with Crippen LogP contribution in [-0.2, 0) is 16.6 Å². The molecule has 0 aromatic heterocycles. The van der Waals surface area contributed by atoms with Gasteiger partial charge in [-0.15, -0.1) is 0 Å². The van der Waals surface area contributed by atoms with Crippen molar-refractivity contribution in [3.8, 4) is 0 Å². The number of hydrogen-bond acceptors (Lipinski definition) is 2. The topological polar surface area (TPSA) is 37.4 Å². The van der Waals surface area contributed by atoms with Gasteiger partial charge in [-0.2, -0.15) is 0 Å².